The van der Waals surface area contributed by atoms with E-state index in [1.807, 2.05) is 0 Å². The molecule has 3 rings (SSSR count). The summed E-state index contributed by atoms with van der Waals surface area (Å²) in [6.07, 6.45) is -4.37. The summed E-state index contributed by atoms with van der Waals surface area (Å²) in [6, 6.07) is 18.6. The third-order valence-corrected chi connectivity index (χ3v) is 4.76. The Morgan fingerprint density at radius 3 is 2.24 bits per heavy atom. The second kappa shape index (κ2) is 10.7. The van der Waals surface area contributed by atoms with Gasteiger partial charge in [-0.3, -0.25) is 4.79 Å². The maximum atomic E-state index is 12.6. The normalized spacial score (nSPS) is 11.7. The van der Waals surface area contributed by atoms with Crippen LogP contribution in [-0.2, 0) is 17.6 Å². The second-order valence-electron chi connectivity index (χ2n) is 7.08. The fourth-order valence-electron chi connectivity index (χ4n) is 2.94. The Balaban J connectivity index is 1.52. The van der Waals surface area contributed by atoms with E-state index < -0.39 is 11.7 Å². The van der Waals surface area contributed by atoms with Crippen molar-refractivity contribution >= 4 is 11.5 Å². The van der Waals surface area contributed by atoms with Gasteiger partial charge >= 0.3 is 6.18 Å². The summed E-state index contributed by atoms with van der Waals surface area (Å²) in [5, 5.41) is 4.01. The molecule has 0 spiro atoms. The second-order valence-corrected chi connectivity index (χ2v) is 7.08. The van der Waals surface area contributed by atoms with Gasteiger partial charge in [0.05, 0.1) is 23.9 Å². The summed E-state index contributed by atoms with van der Waals surface area (Å²) in [6.45, 7) is 1.65. The first-order valence-corrected chi connectivity index (χ1v) is 10.00. The van der Waals surface area contributed by atoms with Crippen LogP contribution in [-0.4, -0.2) is 25.2 Å². The highest BCUT2D eigenvalue weighted by molar-refractivity contribution is 6.00. The number of ketones is 1. The van der Waals surface area contributed by atoms with Gasteiger partial charge in [-0.1, -0.05) is 29.4 Å². The van der Waals surface area contributed by atoms with Gasteiger partial charge in [0.15, 0.2) is 6.61 Å². The minimum absolute atomic E-state index is 0.0434. The van der Waals surface area contributed by atoms with Gasteiger partial charge in [-0.25, -0.2) is 0 Å². The van der Waals surface area contributed by atoms with Gasteiger partial charge in [0.2, 0.25) is 5.78 Å². The number of halogens is 3. The van der Waals surface area contributed by atoms with Crippen LogP contribution in [0.5, 0.6) is 11.5 Å². The molecule has 172 valence electrons. The topological polar surface area (TPSA) is 57.1 Å². The van der Waals surface area contributed by atoms with Crippen molar-refractivity contribution < 1.29 is 32.3 Å². The zero-order valence-electron chi connectivity index (χ0n) is 18.1. The summed E-state index contributed by atoms with van der Waals surface area (Å²) in [5.41, 5.74) is 1.66. The number of Topliss-reactive ketones (excluding diaryl/α,β-unsaturated/α-hetero) is 1. The van der Waals surface area contributed by atoms with Crippen molar-refractivity contribution in [2.45, 2.75) is 19.7 Å². The standard InChI is InChI=1S/C25H22F3NO4/c1-17(29-33-15-18-7-11-20(12-8-18)25(26,27)28)19-9-13-21(14-10-19)32-16-23(30)22-5-3-4-6-24(22)31-2/h3-14H,15-16H2,1-2H3/b29-17+. The SMILES string of the molecule is COc1ccccc1C(=O)COc1ccc(/C(C)=N/OCc2ccc(C(F)(F)F)cc2)cc1. The minimum atomic E-state index is -4.37. The van der Waals surface area contributed by atoms with Crippen LogP contribution in [0, 0.1) is 0 Å². The lowest BCUT2D eigenvalue weighted by atomic mass is 10.1. The molecule has 0 fully saturated rings. The lowest BCUT2D eigenvalue weighted by Gasteiger charge is -2.09. The van der Waals surface area contributed by atoms with E-state index >= 15 is 0 Å². The first-order chi connectivity index (χ1) is 15.8. The largest absolute Gasteiger partial charge is 0.496 e. The van der Waals surface area contributed by atoms with Crippen LogP contribution in [0.25, 0.3) is 0 Å². The third kappa shape index (κ3) is 6.58. The molecular weight excluding hydrogens is 435 g/mol. The first kappa shape index (κ1) is 23.8. The number of alkyl halides is 3. The molecule has 0 aliphatic rings. The predicted octanol–water partition coefficient (Wildman–Crippen LogP) is 5.92. The van der Waals surface area contributed by atoms with Gasteiger partial charge in [-0.2, -0.15) is 13.2 Å². The number of hydrogen-bond acceptors (Lipinski definition) is 5. The number of nitrogens with zero attached hydrogens (tertiary/aromatic N) is 1. The van der Waals surface area contributed by atoms with E-state index in [0.29, 0.717) is 28.3 Å². The lowest BCUT2D eigenvalue weighted by molar-refractivity contribution is -0.137. The van der Waals surface area contributed by atoms with Crippen LogP contribution in [0.4, 0.5) is 13.2 Å². The number of rotatable bonds is 9. The molecule has 0 heterocycles. The van der Waals surface area contributed by atoms with E-state index in [-0.39, 0.29) is 19.0 Å². The Kier molecular flexibility index (Phi) is 7.71. The molecule has 0 amide bonds. The number of benzene rings is 3. The maximum absolute atomic E-state index is 12.6. The number of hydrogen-bond donors (Lipinski definition) is 0. The quantitative estimate of drug-likeness (QED) is 0.228. The summed E-state index contributed by atoms with van der Waals surface area (Å²) in [7, 11) is 1.50. The van der Waals surface area contributed by atoms with Gasteiger partial charge in [0.25, 0.3) is 0 Å². The Hall–Kier alpha value is -3.81. The summed E-state index contributed by atoms with van der Waals surface area (Å²) >= 11 is 0. The highest BCUT2D eigenvalue weighted by Gasteiger charge is 2.29. The van der Waals surface area contributed by atoms with Crippen LogP contribution < -0.4 is 9.47 Å². The monoisotopic (exact) mass is 457 g/mol. The van der Waals surface area contributed by atoms with Crippen molar-refractivity contribution in [1.29, 1.82) is 0 Å². The minimum Gasteiger partial charge on any atom is -0.496 e. The highest BCUT2D eigenvalue weighted by atomic mass is 19.4. The van der Waals surface area contributed by atoms with Crippen LogP contribution in [0.15, 0.2) is 78.0 Å². The summed E-state index contributed by atoms with van der Waals surface area (Å²) in [5.74, 6) is 0.802. The van der Waals surface area contributed by atoms with Crippen LogP contribution in [0.3, 0.4) is 0 Å². The molecule has 3 aromatic carbocycles. The molecule has 0 radical (unpaired) electrons. The molecule has 0 saturated heterocycles. The van der Waals surface area contributed by atoms with Gasteiger partial charge in [-0.15, -0.1) is 0 Å². The van der Waals surface area contributed by atoms with Crippen LogP contribution in [0.1, 0.15) is 34.0 Å². The van der Waals surface area contributed by atoms with E-state index in [1.165, 1.54) is 19.2 Å². The lowest BCUT2D eigenvalue weighted by Crippen LogP contribution is -2.12. The van der Waals surface area contributed by atoms with E-state index in [9.17, 15) is 18.0 Å². The summed E-state index contributed by atoms with van der Waals surface area (Å²) < 4.78 is 48.6. The molecular formula is C25H22F3NO4. The van der Waals surface area contributed by atoms with Crippen molar-refractivity contribution in [3.05, 3.63) is 95.1 Å². The van der Waals surface area contributed by atoms with Crippen molar-refractivity contribution in [1.82, 2.24) is 0 Å². The van der Waals surface area contributed by atoms with Gasteiger partial charge < -0.3 is 14.3 Å². The van der Waals surface area contributed by atoms with Crippen molar-refractivity contribution in [3.8, 4) is 11.5 Å². The Bertz CT molecular complexity index is 1110. The van der Waals surface area contributed by atoms with Crippen LogP contribution >= 0.6 is 0 Å². The first-order valence-electron chi connectivity index (χ1n) is 10.00. The molecule has 0 saturated carbocycles. The van der Waals surface area contributed by atoms with Gasteiger partial charge in [0, 0.05) is 0 Å². The number of ether oxygens (including phenoxy) is 2. The predicted molar refractivity (Wildman–Crippen MR) is 118 cm³/mol. The Morgan fingerprint density at radius 1 is 0.939 bits per heavy atom. The molecule has 0 N–H and O–H groups in total. The molecule has 0 atom stereocenters. The Morgan fingerprint density at radius 2 is 1.61 bits per heavy atom. The average molecular weight is 457 g/mol. The number of methoxy groups -OCH3 is 1. The maximum Gasteiger partial charge on any atom is 0.416 e. The Labute approximate surface area is 189 Å². The molecule has 0 aliphatic carbocycles. The third-order valence-electron chi connectivity index (χ3n) is 4.76. The molecule has 0 bridgehead atoms. The van der Waals surface area contributed by atoms with E-state index in [4.69, 9.17) is 14.3 Å². The molecule has 5 nitrogen and oxygen atoms in total. The fraction of sp³-hybridized carbons (Fsp3) is 0.200. The van der Waals surface area contributed by atoms with E-state index in [1.54, 1.807) is 55.5 Å². The van der Waals surface area contributed by atoms with Crippen molar-refractivity contribution in [3.63, 3.8) is 0 Å². The van der Waals surface area contributed by atoms with Crippen LogP contribution in [0.2, 0.25) is 0 Å². The number of carbonyl (C=O) groups excluding carboxylic acids is 1. The van der Waals surface area contributed by atoms with Gasteiger partial charge in [0.1, 0.15) is 18.1 Å². The smallest absolute Gasteiger partial charge is 0.416 e. The zero-order valence-corrected chi connectivity index (χ0v) is 18.1. The van der Waals surface area contributed by atoms with Gasteiger partial charge in [-0.05, 0) is 66.6 Å². The number of carbonyl (C=O) groups is 1. The number of oxime groups is 1. The highest BCUT2D eigenvalue weighted by Crippen LogP contribution is 2.29. The zero-order chi connectivity index (χ0) is 23.8. The van der Waals surface area contributed by atoms with E-state index in [2.05, 4.69) is 5.16 Å². The van der Waals surface area contributed by atoms with Crippen molar-refractivity contribution in [2.24, 2.45) is 5.16 Å². The molecule has 33 heavy (non-hydrogen) atoms. The molecule has 8 heteroatoms. The molecule has 0 aliphatic heterocycles. The molecule has 3 aromatic rings. The fourth-order valence-corrected chi connectivity index (χ4v) is 2.94. The number of para-hydroxylation sites is 1. The molecule has 0 unspecified atom stereocenters. The average Bonchev–Trinajstić information content (AvgIpc) is 2.82. The molecule has 0 aromatic heterocycles. The van der Waals surface area contributed by atoms with Crippen molar-refractivity contribution in [2.75, 3.05) is 13.7 Å². The van der Waals surface area contributed by atoms with E-state index in [0.717, 1.165) is 17.7 Å². The summed E-state index contributed by atoms with van der Waals surface area (Å²) in [4.78, 5) is 17.6.